The molecule has 0 spiro atoms. The van der Waals surface area contributed by atoms with Crippen LogP contribution in [-0.4, -0.2) is 16.0 Å². The van der Waals surface area contributed by atoms with E-state index in [-0.39, 0.29) is 5.56 Å². The number of nitrogens with one attached hydrogen (secondary N) is 2. The van der Waals surface area contributed by atoms with Gasteiger partial charge in [0.1, 0.15) is 5.82 Å². The maximum Gasteiger partial charge on any atom is 0.416 e. The first-order chi connectivity index (χ1) is 12.9. The molecule has 7 heteroatoms. The second kappa shape index (κ2) is 7.02. The van der Waals surface area contributed by atoms with Gasteiger partial charge in [-0.1, -0.05) is 18.9 Å². The third-order valence-corrected chi connectivity index (χ3v) is 5.33. The van der Waals surface area contributed by atoms with E-state index in [9.17, 15) is 13.2 Å². The molecule has 2 N–H and O–H groups in total. The summed E-state index contributed by atoms with van der Waals surface area (Å²) in [4.78, 5) is 9.16. The van der Waals surface area contributed by atoms with Crippen LogP contribution in [-0.2, 0) is 6.18 Å². The van der Waals surface area contributed by atoms with E-state index in [1.54, 1.807) is 6.07 Å². The lowest BCUT2D eigenvalue weighted by molar-refractivity contribution is -0.138. The first-order valence-electron chi connectivity index (χ1n) is 9.49. The Morgan fingerprint density at radius 1 is 1.04 bits per heavy atom. The largest absolute Gasteiger partial charge is 0.416 e. The summed E-state index contributed by atoms with van der Waals surface area (Å²) in [7, 11) is 0. The van der Waals surface area contributed by atoms with Crippen molar-refractivity contribution in [3.8, 4) is 0 Å². The molecule has 0 aliphatic heterocycles. The van der Waals surface area contributed by atoms with Crippen LogP contribution in [0, 0.1) is 6.92 Å². The van der Waals surface area contributed by atoms with Gasteiger partial charge in [-0.15, -0.1) is 0 Å². The van der Waals surface area contributed by atoms with Gasteiger partial charge in [0.15, 0.2) is 0 Å². The summed E-state index contributed by atoms with van der Waals surface area (Å²) in [5.41, 5.74) is 0.907. The average Bonchev–Trinajstić information content (AvgIpc) is 3.34. The third-order valence-electron chi connectivity index (χ3n) is 5.33. The molecule has 1 aromatic carbocycles. The van der Waals surface area contributed by atoms with E-state index in [4.69, 9.17) is 0 Å². The van der Waals surface area contributed by atoms with Gasteiger partial charge in [0.2, 0.25) is 5.95 Å². The highest BCUT2D eigenvalue weighted by Crippen LogP contribution is 2.41. The van der Waals surface area contributed by atoms with Gasteiger partial charge in [-0.05, 0) is 50.3 Å². The lowest BCUT2D eigenvalue weighted by Crippen LogP contribution is -2.17. The Bertz CT molecular complexity index is 824. The molecular weight excluding hydrogens is 353 g/mol. The van der Waals surface area contributed by atoms with Crippen molar-refractivity contribution in [1.29, 1.82) is 0 Å². The van der Waals surface area contributed by atoms with Crippen molar-refractivity contribution in [2.75, 3.05) is 10.6 Å². The number of hydrogen-bond donors (Lipinski definition) is 2. The summed E-state index contributed by atoms with van der Waals surface area (Å²) in [5.74, 6) is 1.54. The van der Waals surface area contributed by atoms with Crippen molar-refractivity contribution >= 4 is 17.5 Å². The third kappa shape index (κ3) is 4.17. The molecule has 4 nitrogen and oxygen atoms in total. The van der Waals surface area contributed by atoms with E-state index < -0.39 is 11.7 Å². The smallest absolute Gasteiger partial charge is 0.351 e. The van der Waals surface area contributed by atoms with Gasteiger partial charge in [-0.3, -0.25) is 0 Å². The molecule has 0 unspecified atom stereocenters. The summed E-state index contributed by atoms with van der Waals surface area (Å²) in [6, 6.07) is 6.40. The number of alkyl halides is 3. The Kier molecular flexibility index (Phi) is 4.70. The zero-order valence-corrected chi connectivity index (χ0v) is 15.2. The molecule has 1 aromatic heterocycles. The Morgan fingerprint density at radius 3 is 2.44 bits per heavy atom. The van der Waals surface area contributed by atoms with E-state index in [2.05, 4.69) is 20.6 Å². The van der Waals surface area contributed by atoms with Gasteiger partial charge >= 0.3 is 6.18 Å². The number of halogens is 3. The van der Waals surface area contributed by atoms with Crippen LogP contribution in [0.2, 0.25) is 0 Å². The molecule has 2 aliphatic rings. The molecular formula is C20H23F3N4. The van der Waals surface area contributed by atoms with Crippen molar-refractivity contribution in [3.05, 3.63) is 41.1 Å². The summed E-state index contributed by atoms with van der Waals surface area (Å²) < 4.78 is 39.5. The molecule has 2 aromatic rings. The molecule has 4 rings (SSSR count). The second-order valence-corrected chi connectivity index (χ2v) is 7.50. The van der Waals surface area contributed by atoms with Crippen molar-refractivity contribution in [2.45, 2.75) is 63.6 Å². The molecule has 2 fully saturated rings. The molecule has 0 amide bonds. The van der Waals surface area contributed by atoms with Crippen LogP contribution in [0.5, 0.6) is 0 Å². The number of anilines is 3. The van der Waals surface area contributed by atoms with Gasteiger partial charge in [-0.25, -0.2) is 4.98 Å². The minimum Gasteiger partial charge on any atom is -0.351 e. The molecule has 0 atom stereocenters. The summed E-state index contributed by atoms with van der Waals surface area (Å²) >= 11 is 0. The van der Waals surface area contributed by atoms with Gasteiger partial charge in [0, 0.05) is 23.7 Å². The first kappa shape index (κ1) is 18.1. The summed E-state index contributed by atoms with van der Waals surface area (Å²) in [6.45, 7) is 1.48. The molecule has 27 heavy (non-hydrogen) atoms. The zero-order chi connectivity index (χ0) is 19.0. The Labute approximate surface area is 156 Å². The summed E-state index contributed by atoms with van der Waals surface area (Å²) in [5, 5.41) is 6.48. The van der Waals surface area contributed by atoms with Crippen molar-refractivity contribution in [3.63, 3.8) is 0 Å². The normalized spacial score (nSPS) is 17.9. The van der Waals surface area contributed by atoms with Crippen LogP contribution in [0.4, 0.5) is 30.6 Å². The molecule has 1 heterocycles. The van der Waals surface area contributed by atoms with Crippen LogP contribution in [0.15, 0.2) is 24.3 Å². The fraction of sp³-hybridized carbons (Fsp3) is 0.500. The van der Waals surface area contributed by atoms with Crippen LogP contribution in [0.25, 0.3) is 0 Å². The predicted molar refractivity (Wildman–Crippen MR) is 99.3 cm³/mol. The Morgan fingerprint density at radius 2 is 1.78 bits per heavy atom. The molecule has 2 aliphatic carbocycles. The fourth-order valence-electron chi connectivity index (χ4n) is 3.65. The Hall–Kier alpha value is -2.31. The van der Waals surface area contributed by atoms with Crippen LogP contribution < -0.4 is 10.6 Å². The summed E-state index contributed by atoms with van der Waals surface area (Å²) in [6.07, 6.45) is 2.44. The molecule has 0 bridgehead atoms. The van der Waals surface area contributed by atoms with Crippen LogP contribution in [0.3, 0.4) is 0 Å². The SMILES string of the molecule is Cc1c(Nc2cc(C3CC3)nc(NC3CCCC3)n2)cccc1C(F)(F)F. The average molecular weight is 376 g/mol. The lowest BCUT2D eigenvalue weighted by atomic mass is 10.1. The highest BCUT2D eigenvalue weighted by atomic mass is 19.4. The van der Waals surface area contributed by atoms with E-state index in [1.165, 1.54) is 25.8 Å². The number of hydrogen-bond acceptors (Lipinski definition) is 4. The van der Waals surface area contributed by atoms with Gasteiger partial charge < -0.3 is 10.6 Å². The number of benzene rings is 1. The topological polar surface area (TPSA) is 49.8 Å². The van der Waals surface area contributed by atoms with Crippen molar-refractivity contribution < 1.29 is 13.2 Å². The van der Waals surface area contributed by atoms with E-state index in [0.717, 1.165) is 37.4 Å². The number of nitrogens with zero attached hydrogens (tertiary/aromatic N) is 2. The zero-order valence-electron chi connectivity index (χ0n) is 15.2. The van der Waals surface area contributed by atoms with E-state index in [0.29, 0.717) is 29.4 Å². The highest BCUT2D eigenvalue weighted by Gasteiger charge is 2.33. The van der Waals surface area contributed by atoms with E-state index >= 15 is 0 Å². The van der Waals surface area contributed by atoms with Gasteiger partial charge in [0.05, 0.1) is 11.3 Å². The standard InChI is InChI=1S/C20H23F3N4/c1-12-15(20(21,22)23)7-4-8-16(12)25-18-11-17(13-9-10-13)26-19(27-18)24-14-5-2-3-6-14/h4,7-8,11,13-14H,2-3,5-6,9-10H2,1H3,(H2,24,25,26,27). The second-order valence-electron chi connectivity index (χ2n) is 7.50. The highest BCUT2D eigenvalue weighted by molar-refractivity contribution is 5.63. The molecule has 2 saturated carbocycles. The molecule has 0 saturated heterocycles. The predicted octanol–water partition coefficient (Wildman–Crippen LogP) is 5.78. The van der Waals surface area contributed by atoms with Crippen LogP contribution >= 0.6 is 0 Å². The minimum atomic E-state index is -4.37. The van der Waals surface area contributed by atoms with Crippen molar-refractivity contribution in [1.82, 2.24) is 9.97 Å². The Balaban J connectivity index is 1.62. The van der Waals surface area contributed by atoms with E-state index in [1.807, 2.05) is 6.07 Å². The number of rotatable bonds is 5. The maximum absolute atomic E-state index is 13.2. The minimum absolute atomic E-state index is 0.168. The maximum atomic E-state index is 13.2. The van der Waals surface area contributed by atoms with Crippen molar-refractivity contribution in [2.24, 2.45) is 0 Å². The van der Waals surface area contributed by atoms with Crippen LogP contribution in [0.1, 0.15) is 61.3 Å². The quantitative estimate of drug-likeness (QED) is 0.695. The monoisotopic (exact) mass is 376 g/mol. The molecule has 0 radical (unpaired) electrons. The lowest BCUT2D eigenvalue weighted by Gasteiger charge is -2.17. The van der Waals surface area contributed by atoms with Gasteiger partial charge in [0.25, 0.3) is 0 Å². The number of aromatic nitrogens is 2. The molecule has 144 valence electrons. The fourth-order valence-corrected chi connectivity index (χ4v) is 3.65. The van der Waals surface area contributed by atoms with Gasteiger partial charge in [-0.2, -0.15) is 18.2 Å². The first-order valence-corrected chi connectivity index (χ1v) is 9.49.